The number of ether oxygens (including phenoxy) is 2. The first-order chi connectivity index (χ1) is 16.6. The highest BCUT2D eigenvalue weighted by Gasteiger charge is 2.41. The minimum atomic E-state index is -0.567. The maximum atomic E-state index is 14.8. The summed E-state index contributed by atoms with van der Waals surface area (Å²) in [6, 6.07) is 19.6. The number of amides is 1. The third-order valence-electron chi connectivity index (χ3n) is 6.49. The van der Waals surface area contributed by atoms with Gasteiger partial charge in [-0.1, -0.05) is 42.5 Å². The predicted octanol–water partition coefficient (Wildman–Crippen LogP) is 4.18. The number of benzene rings is 2. The summed E-state index contributed by atoms with van der Waals surface area (Å²) < 4.78 is 28.0. The molecule has 0 radical (unpaired) electrons. The van der Waals surface area contributed by atoms with Crippen LogP contribution in [0.25, 0.3) is 28.2 Å². The zero-order valence-corrected chi connectivity index (χ0v) is 18.5. The third kappa shape index (κ3) is 3.65. The minimum Gasteiger partial charge on any atom is -0.347 e. The molecule has 0 atom stereocenters. The molecule has 2 aliphatic heterocycles. The average molecular weight is 458 g/mol. The molecule has 0 aliphatic carbocycles. The van der Waals surface area contributed by atoms with Gasteiger partial charge in [0.2, 0.25) is 0 Å². The summed E-state index contributed by atoms with van der Waals surface area (Å²) in [6.07, 6.45) is 1.23. The Labute approximate surface area is 195 Å². The predicted molar refractivity (Wildman–Crippen MR) is 124 cm³/mol. The summed E-state index contributed by atoms with van der Waals surface area (Å²) in [7, 11) is 0. The lowest BCUT2D eigenvalue weighted by molar-refractivity contribution is -0.181. The minimum absolute atomic E-state index is 0.199. The number of fused-ring (bicyclic) bond motifs is 1. The van der Waals surface area contributed by atoms with Crippen LogP contribution in [0.15, 0.2) is 66.7 Å². The number of rotatable bonds is 3. The first-order valence-electron chi connectivity index (χ1n) is 11.4. The number of halogens is 1. The molecule has 1 amide bonds. The Morgan fingerprint density at radius 2 is 1.65 bits per heavy atom. The molecule has 2 aliphatic rings. The molecular weight excluding hydrogens is 435 g/mol. The molecule has 2 aromatic carbocycles. The van der Waals surface area contributed by atoms with E-state index >= 15 is 0 Å². The van der Waals surface area contributed by atoms with Gasteiger partial charge in [0.05, 0.1) is 24.6 Å². The molecule has 8 heteroatoms. The van der Waals surface area contributed by atoms with Gasteiger partial charge in [-0.2, -0.15) is 5.10 Å². The fourth-order valence-corrected chi connectivity index (χ4v) is 4.69. The van der Waals surface area contributed by atoms with E-state index in [1.54, 1.807) is 33.7 Å². The van der Waals surface area contributed by atoms with Crippen molar-refractivity contribution in [2.45, 2.75) is 18.6 Å². The molecule has 0 saturated carbocycles. The van der Waals surface area contributed by atoms with Crippen LogP contribution in [0.4, 0.5) is 4.39 Å². The first kappa shape index (κ1) is 20.9. The van der Waals surface area contributed by atoms with Crippen molar-refractivity contribution in [2.75, 3.05) is 26.3 Å². The second kappa shape index (κ2) is 8.30. The Kier molecular flexibility index (Phi) is 5.12. The maximum Gasteiger partial charge on any atom is 0.272 e. The maximum absolute atomic E-state index is 14.8. The van der Waals surface area contributed by atoms with Gasteiger partial charge in [0.15, 0.2) is 11.4 Å². The Bertz CT molecular complexity index is 1360. The Balaban J connectivity index is 1.41. The van der Waals surface area contributed by atoms with Crippen molar-refractivity contribution in [3.8, 4) is 22.5 Å². The normalized spacial score (nSPS) is 17.5. The molecule has 4 heterocycles. The molecule has 2 saturated heterocycles. The lowest BCUT2D eigenvalue weighted by atomic mass is 10.0. The molecule has 0 bridgehead atoms. The number of hydrogen-bond acceptors (Lipinski definition) is 5. The highest BCUT2D eigenvalue weighted by atomic mass is 19.1. The van der Waals surface area contributed by atoms with Crippen LogP contribution in [0.1, 0.15) is 23.3 Å². The molecule has 0 unspecified atom stereocenters. The van der Waals surface area contributed by atoms with Crippen molar-refractivity contribution in [1.82, 2.24) is 19.5 Å². The summed E-state index contributed by atoms with van der Waals surface area (Å²) in [5.41, 5.74) is 3.19. The van der Waals surface area contributed by atoms with Crippen LogP contribution in [-0.4, -0.2) is 57.5 Å². The van der Waals surface area contributed by atoms with Crippen molar-refractivity contribution >= 4 is 11.6 Å². The number of carbonyl (C=O) groups is 1. The smallest absolute Gasteiger partial charge is 0.272 e. The SMILES string of the molecule is O=C(c1cc(-c2ccccc2F)n2nc(-c3ccccc3)cc2n1)N1CCC2(CC1)OCCO2. The van der Waals surface area contributed by atoms with Gasteiger partial charge in [-0.05, 0) is 18.2 Å². The zero-order valence-electron chi connectivity index (χ0n) is 18.5. The fourth-order valence-electron chi connectivity index (χ4n) is 4.69. The number of aromatic nitrogens is 3. The van der Waals surface area contributed by atoms with E-state index < -0.39 is 5.79 Å². The van der Waals surface area contributed by atoms with E-state index in [-0.39, 0.29) is 17.4 Å². The van der Waals surface area contributed by atoms with Crippen LogP contribution in [0.3, 0.4) is 0 Å². The zero-order chi connectivity index (χ0) is 23.1. The van der Waals surface area contributed by atoms with Crippen molar-refractivity contribution in [3.63, 3.8) is 0 Å². The molecule has 2 aromatic heterocycles. The van der Waals surface area contributed by atoms with Gasteiger partial charge >= 0.3 is 0 Å². The van der Waals surface area contributed by atoms with Gasteiger partial charge in [-0.3, -0.25) is 4.79 Å². The molecular formula is C26H23FN4O3. The van der Waals surface area contributed by atoms with Gasteiger partial charge in [0.25, 0.3) is 5.91 Å². The fraction of sp³-hybridized carbons (Fsp3) is 0.269. The largest absolute Gasteiger partial charge is 0.347 e. The van der Waals surface area contributed by atoms with E-state index in [2.05, 4.69) is 4.98 Å². The van der Waals surface area contributed by atoms with E-state index in [0.29, 0.717) is 61.7 Å². The van der Waals surface area contributed by atoms with Gasteiger partial charge in [0, 0.05) is 43.1 Å². The van der Waals surface area contributed by atoms with Crippen LogP contribution in [0, 0.1) is 5.82 Å². The van der Waals surface area contributed by atoms with Crippen LogP contribution in [0.5, 0.6) is 0 Å². The van der Waals surface area contributed by atoms with Crippen LogP contribution in [-0.2, 0) is 9.47 Å². The van der Waals surface area contributed by atoms with E-state index in [9.17, 15) is 9.18 Å². The standard InChI is InChI=1S/C26H23FN4O3/c27-20-9-5-4-8-19(20)23-16-22(25(32)30-12-10-26(11-13-30)33-14-15-34-26)28-24-17-21(29-31(23)24)18-6-2-1-3-7-18/h1-9,16-17H,10-15H2. The first-order valence-corrected chi connectivity index (χ1v) is 11.4. The molecule has 0 N–H and O–H groups in total. The lowest BCUT2D eigenvalue weighted by Crippen LogP contribution is -2.47. The quantitative estimate of drug-likeness (QED) is 0.461. The number of likely N-dealkylation sites (tertiary alicyclic amines) is 1. The lowest BCUT2D eigenvalue weighted by Gasteiger charge is -2.37. The van der Waals surface area contributed by atoms with E-state index in [4.69, 9.17) is 14.6 Å². The average Bonchev–Trinajstić information content (AvgIpc) is 3.52. The van der Waals surface area contributed by atoms with Gasteiger partial charge in [-0.25, -0.2) is 13.9 Å². The van der Waals surface area contributed by atoms with Crippen molar-refractivity contribution in [1.29, 1.82) is 0 Å². The van der Waals surface area contributed by atoms with E-state index in [0.717, 1.165) is 5.56 Å². The monoisotopic (exact) mass is 458 g/mol. The topological polar surface area (TPSA) is 69.0 Å². The second-order valence-corrected chi connectivity index (χ2v) is 8.57. The molecule has 34 heavy (non-hydrogen) atoms. The van der Waals surface area contributed by atoms with Gasteiger partial charge in [0.1, 0.15) is 11.5 Å². The molecule has 6 rings (SSSR count). The summed E-state index contributed by atoms with van der Waals surface area (Å²) in [4.78, 5) is 19.8. The summed E-state index contributed by atoms with van der Waals surface area (Å²) in [5.74, 6) is -1.15. The number of piperidine rings is 1. The van der Waals surface area contributed by atoms with Crippen LogP contribution in [0.2, 0.25) is 0 Å². The van der Waals surface area contributed by atoms with Gasteiger partial charge in [-0.15, -0.1) is 0 Å². The Morgan fingerprint density at radius 3 is 2.38 bits per heavy atom. The van der Waals surface area contributed by atoms with Crippen LogP contribution < -0.4 is 0 Å². The number of nitrogens with zero attached hydrogens (tertiary/aromatic N) is 4. The van der Waals surface area contributed by atoms with E-state index in [1.165, 1.54) is 6.07 Å². The molecule has 1 spiro atoms. The molecule has 7 nitrogen and oxygen atoms in total. The van der Waals surface area contributed by atoms with Gasteiger partial charge < -0.3 is 14.4 Å². The summed E-state index contributed by atoms with van der Waals surface area (Å²) in [5, 5.41) is 4.69. The van der Waals surface area contributed by atoms with Crippen molar-refractivity contribution in [2.24, 2.45) is 0 Å². The summed E-state index contributed by atoms with van der Waals surface area (Å²) >= 11 is 0. The van der Waals surface area contributed by atoms with Crippen molar-refractivity contribution < 1.29 is 18.7 Å². The Morgan fingerprint density at radius 1 is 0.941 bits per heavy atom. The van der Waals surface area contributed by atoms with Crippen LogP contribution >= 0.6 is 0 Å². The number of hydrogen-bond donors (Lipinski definition) is 0. The molecule has 2 fully saturated rings. The van der Waals surface area contributed by atoms with E-state index in [1.807, 2.05) is 36.4 Å². The molecule has 172 valence electrons. The highest BCUT2D eigenvalue weighted by Crippen LogP contribution is 2.32. The van der Waals surface area contributed by atoms with Crippen molar-refractivity contribution in [3.05, 3.63) is 78.2 Å². The summed E-state index contributed by atoms with van der Waals surface area (Å²) in [6.45, 7) is 2.19. The highest BCUT2D eigenvalue weighted by molar-refractivity contribution is 5.94. The number of carbonyl (C=O) groups excluding carboxylic acids is 1. The second-order valence-electron chi connectivity index (χ2n) is 8.57. The third-order valence-corrected chi connectivity index (χ3v) is 6.49. The molecule has 4 aromatic rings. The Hall–Kier alpha value is -3.62.